The molecule has 11 nitrogen and oxygen atoms in total. The molecule has 3 N–H and O–H groups in total. The Balaban J connectivity index is 1.33. The van der Waals surface area contributed by atoms with E-state index in [9.17, 15) is 14.4 Å². The fourth-order valence-electron chi connectivity index (χ4n) is 3.29. The zero-order valence-corrected chi connectivity index (χ0v) is 17.6. The van der Waals surface area contributed by atoms with Crippen LogP contribution in [0, 0.1) is 0 Å². The summed E-state index contributed by atoms with van der Waals surface area (Å²) >= 11 is 6.19. The van der Waals surface area contributed by atoms with Gasteiger partial charge < -0.3 is 30.5 Å². The molecule has 12 heteroatoms. The summed E-state index contributed by atoms with van der Waals surface area (Å²) in [5.41, 5.74) is 1.20. The van der Waals surface area contributed by atoms with Crippen molar-refractivity contribution < 1.29 is 19.1 Å². The van der Waals surface area contributed by atoms with Crippen molar-refractivity contribution >= 4 is 46.5 Å². The maximum atomic E-state index is 12.4. The molecule has 0 atom stereocenters. The third-order valence-electron chi connectivity index (χ3n) is 4.99. The van der Waals surface area contributed by atoms with Gasteiger partial charge in [0, 0.05) is 38.4 Å². The Kier molecular flexibility index (Phi) is 5.96. The molecule has 0 aliphatic carbocycles. The fraction of sp³-hybridized carbons (Fsp3) is 0.368. The normalized spacial score (nSPS) is 16.2. The van der Waals surface area contributed by atoms with Crippen LogP contribution in [0.2, 0.25) is 5.02 Å². The number of benzene rings is 1. The highest BCUT2D eigenvalue weighted by molar-refractivity contribution is 6.34. The number of nitrogens with one attached hydrogen (secondary N) is 3. The highest BCUT2D eigenvalue weighted by Crippen LogP contribution is 2.36. The van der Waals surface area contributed by atoms with Crippen LogP contribution in [-0.2, 0) is 16.1 Å². The number of anilines is 3. The highest BCUT2D eigenvalue weighted by Gasteiger charge is 2.21. The Bertz CT molecular complexity index is 1020. The lowest BCUT2D eigenvalue weighted by Gasteiger charge is -2.32. The van der Waals surface area contributed by atoms with Crippen LogP contribution >= 0.6 is 11.6 Å². The quantitative estimate of drug-likeness (QED) is 0.649. The number of amides is 4. The number of nitrogens with zero attached hydrogens (tertiary/aromatic N) is 4. The minimum absolute atomic E-state index is 0.0138. The van der Waals surface area contributed by atoms with Crippen molar-refractivity contribution in [2.75, 3.05) is 55.8 Å². The van der Waals surface area contributed by atoms with Crippen LogP contribution in [-0.4, -0.2) is 77.3 Å². The maximum absolute atomic E-state index is 12.4. The molecule has 0 radical (unpaired) electrons. The molecule has 1 aromatic heterocycles. The summed E-state index contributed by atoms with van der Waals surface area (Å²) in [6, 6.07) is 2.51. The number of hydrogen-bond donors (Lipinski definition) is 3. The number of fused-ring (bicyclic) bond motifs is 1. The maximum Gasteiger partial charge on any atom is 0.323 e. The number of halogens is 1. The summed E-state index contributed by atoms with van der Waals surface area (Å²) < 4.78 is 6.82. The van der Waals surface area contributed by atoms with Crippen molar-refractivity contribution in [1.29, 1.82) is 0 Å². The van der Waals surface area contributed by atoms with Gasteiger partial charge in [0.1, 0.15) is 12.3 Å². The number of likely N-dealkylation sites (N-methyl/N-ethyl adjacent to an activating group) is 1. The molecule has 4 rings (SSSR count). The van der Waals surface area contributed by atoms with Crippen LogP contribution in [0.4, 0.5) is 21.9 Å². The number of hydrogen-bond acceptors (Lipinski definition) is 6. The number of carbonyl (C=O) groups is 3. The second-order valence-corrected chi connectivity index (χ2v) is 7.76. The van der Waals surface area contributed by atoms with E-state index in [1.807, 2.05) is 11.9 Å². The fourth-order valence-corrected chi connectivity index (χ4v) is 3.50. The van der Waals surface area contributed by atoms with Gasteiger partial charge in [0.15, 0.2) is 6.61 Å². The number of aromatic nitrogens is 2. The summed E-state index contributed by atoms with van der Waals surface area (Å²) in [7, 11) is 2.03. The van der Waals surface area contributed by atoms with Gasteiger partial charge in [-0.15, -0.1) is 0 Å². The van der Waals surface area contributed by atoms with Crippen molar-refractivity contribution in [2.24, 2.45) is 0 Å². The van der Waals surface area contributed by atoms with Gasteiger partial charge in [0.05, 0.1) is 28.3 Å². The lowest BCUT2D eigenvalue weighted by Crippen LogP contribution is -2.48. The molecule has 164 valence electrons. The van der Waals surface area contributed by atoms with Gasteiger partial charge in [0.25, 0.3) is 5.91 Å². The molecule has 31 heavy (non-hydrogen) atoms. The van der Waals surface area contributed by atoms with Gasteiger partial charge in [-0.25, -0.2) is 4.79 Å². The molecule has 1 fully saturated rings. The van der Waals surface area contributed by atoms with Gasteiger partial charge in [0.2, 0.25) is 5.91 Å². The Hall–Kier alpha value is -3.31. The molecule has 2 aromatic rings. The third kappa shape index (κ3) is 5.06. The predicted molar refractivity (Wildman–Crippen MR) is 115 cm³/mol. The van der Waals surface area contributed by atoms with Crippen LogP contribution in [0.25, 0.3) is 0 Å². The lowest BCUT2D eigenvalue weighted by molar-refractivity contribution is -0.133. The number of carbonyl (C=O) groups excluding carboxylic acids is 3. The van der Waals surface area contributed by atoms with Gasteiger partial charge >= 0.3 is 6.03 Å². The standard InChI is InChI=1S/C19H22ClN7O4/c1-25-2-4-26(5-3-25)18(29)10-27-9-12(8-21-27)22-19(30)24-14-7-16-15(6-13(14)20)23-17(28)11-31-16/h6-9H,2-5,10-11H2,1H3,(H,23,28)(H2,22,24,30). The number of ether oxygens (including phenoxy) is 1. The monoisotopic (exact) mass is 447 g/mol. The highest BCUT2D eigenvalue weighted by atomic mass is 35.5. The minimum Gasteiger partial charge on any atom is -0.482 e. The lowest BCUT2D eigenvalue weighted by atomic mass is 10.2. The van der Waals surface area contributed by atoms with Crippen LogP contribution in [0.3, 0.4) is 0 Å². The van der Waals surface area contributed by atoms with E-state index in [0.717, 1.165) is 13.1 Å². The number of urea groups is 1. The Morgan fingerprint density at radius 1 is 1.23 bits per heavy atom. The van der Waals surface area contributed by atoms with Crippen molar-refractivity contribution in [2.45, 2.75) is 6.54 Å². The van der Waals surface area contributed by atoms with Crippen LogP contribution in [0.1, 0.15) is 0 Å². The molecule has 4 amide bonds. The van der Waals surface area contributed by atoms with Gasteiger partial charge in [-0.05, 0) is 13.1 Å². The Morgan fingerprint density at radius 2 is 2.00 bits per heavy atom. The molecule has 0 saturated carbocycles. The smallest absolute Gasteiger partial charge is 0.323 e. The van der Waals surface area contributed by atoms with Crippen molar-refractivity contribution in [1.82, 2.24) is 19.6 Å². The predicted octanol–water partition coefficient (Wildman–Crippen LogP) is 1.29. The second-order valence-electron chi connectivity index (χ2n) is 7.35. The minimum atomic E-state index is -0.536. The van der Waals surface area contributed by atoms with Crippen molar-refractivity contribution in [3.63, 3.8) is 0 Å². The Morgan fingerprint density at radius 3 is 2.77 bits per heavy atom. The van der Waals surface area contributed by atoms with E-state index in [0.29, 0.717) is 35.9 Å². The summed E-state index contributed by atoms with van der Waals surface area (Å²) in [4.78, 5) is 40.1. The molecule has 0 unspecified atom stereocenters. The zero-order valence-electron chi connectivity index (χ0n) is 16.9. The van der Waals surface area contributed by atoms with E-state index in [-0.39, 0.29) is 30.0 Å². The molecule has 1 aromatic carbocycles. The van der Waals surface area contributed by atoms with Crippen LogP contribution < -0.4 is 20.7 Å². The first-order chi connectivity index (χ1) is 14.9. The molecular weight excluding hydrogens is 426 g/mol. The van der Waals surface area contributed by atoms with E-state index in [4.69, 9.17) is 16.3 Å². The molecule has 0 spiro atoms. The van der Waals surface area contributed by atoms with Crippen molar-refractivity contribution in [3.05, 3.63) is 29.5 Å². The number of piperazine rings is 1. The van der Waals surface area contributed by atoms with Crippen molar-refractivity contribution in [3.8, 4) is 5.75 Å². The van der Waals surface area contributed by atoms with E-state index < -0.39 is 6.03 Å². The first kappa shape index (κ1) is 20.9. The molecular formula is C19H22ClN7O4. The van der Waals surface area contributed by atoms with Gasteiger partial charge in [-0.2, -0.15) is 5.10 Å². The average molecular weight is 448 g/mol. The van der Waals surface area contributed by atoms with E-state index >= 15 is 0 Å². The Labute approximate surface area is 183 Å². The summed E-state index contributed by atoms with van der Waals surface area (Å²) in [6.45, 7) is 3.08. The topological polar surface area (TPSA) is 121 Å². The summed E-state index contributed by atoms with van der Waals surface area (Å²) in [5, 5.41) is 12.3. The summed E-state index contributed by atoms with van der Waals surface area (Å²) in [6.07, 6.45) is 3.05. The van der Waals surface area contributed by atoms with Gasteiger partial charge in [-0.1, -0.05) is 11.6 Å². The van der Waals surface area contributed by atoms with Crippen LogP contribution in [0.5, 0.6) is 5.75 Å². The molecule has 1 saturated heterocycles. The molecule has 3 heterocycles. The average Bonchev–Trinajstić information content (AvgIpc) is 3.15. The molecule has 0 bridgehead atoms. The molecule has 2 aliphatic rings. The largest absolute Gasteiger partial charge is 0.482 e. The SMILES string of the molecule is CN1CCN(C(=O)Cn2cc(NC(=O)Nc3cc4c(cc3Cl)NC(=O)CO4)cn2)CC1. The van der Waals surface area contributed by atoms with Gasteiger partial charge in [-0.3, -0.25) is 14.3 Å². The van der Waals surface area contributed by atoms with E-state index in [1.165, 1.54) is 23.0 Å². The molecule has 2 aliphatic heterocycles. The zero-order chi connectivity index (χ0) is 22.0. The van der Waals surface area contributed by atoms with E-state index in [2.05, 4.69) is 25.9 Å². The second kappa shape index (κ2) is 8.82. The van der Waals surface area contributed by atoms with E-state index in [1.54, 1.807) is 6.20 Å². The number of rotatable bonds is 4. The summed E-state index contributed by atoms with van der Waals surface area (Å²) in [5.74, 6) is 0.125. The first-order valence-electron chi connectivity index (χ1n) is 9.70. The third-order valence-corrected chi connectivity index (χ3v) is 5.31. The van der Waals surface area contributed by atoms with Crippen LogP contribution in [0.15, 0.2) is 24.5 Å². The first-order valence-corrected chi connectivity index (χ1v) is 10.1.